The van der Waals surface area contributed by atoms with E-state index in [0.717, 1.165) is 26.1 Å². The topological polar surface area (TPSA) is 32.8 Å². The Morgan fingerprint density at radius 2 is 2.00 bits per heavy atom. The van der Waals surface area contributed by atoms with Crippen molar-refractivity contribution in [2.24, 2.45) is 0 Å². The van der Waals surface area contributed by atoms with E-state index in [1.54, 1.807) is 4.90 Å². The molecule has 0 N–H and O–H groups in total. The van der Waals surface area contributed by atoms with Gasteiger partial charge >= 0.3 is 6.09 Å². The average molecular weight is 238 g/mol. The first kappa shape index (κ1) is 13.9. The van der Waals surface area contributed by atoms with Crippen LogP contribution in [0.25, 0.3) is 0 Å². The van der Waals surface area contributed by atoms with Crippen LogP contribution in [-0.2, 0) is 4.74 Å². The molecule has 1 amide bonds. The van der Waals surface area contributed by atoms with Crippen LogP contribution in [0.4, 0.5) is 4.79 Å². The molecule has 0 bridgehead atoms. The van der Waals surface area contributed by atoms with E-state index in [0.29, 0.717) is 13.1 Å². The first-order chi connectivity index (χ1) is 7.92. The van der Waals surface area contributed by atoms with Crippen LogP contribution in [0.3, 0.4) is 0 Å². The summed E-state index contributed by atoms with van der Waals surface area (Å²) in [4.78, 5) is 15.8. The molecule has 1 rings (SSSR count). The summed E-state index contributed by atoms with van der Waals surface area (Å²) in [5, 5.41) is 0. The Balaban J connectivity index is 2.46. The number of rotatable bonds is 1. The predicted molar refractivity (Wildman–Crippen MR) is 67.7 cm³/mol. The van der Waals surface area contributed by atoms with E-state index in [-0.39, 0.29) is 6.09 Å². The molecule has 1 aliphatic heterocycles. The number of carbonyl (C=O) groups is 1. The molecule has 0 aliphatic carbocycles. The molecule has 17 heavy (non-hydrogen) atoms. The van der Waals surface area contributed by atoms with Crippen LogP contribution in [0.15, 0.2) is 0 Å². The van der Waals surface area contributed by atoms with Crippen molar-refractivity contribution in [3.63, 3.8) is 0 Å². The van der Waals surface area contributed by atoms with E-state index in [1.165, 1.54) is 0 Å². The Kier molecular flexibility index (Phi) is 4.83. The number of amides is 1. The lowest BCUT2D eigenvalue weighted by atomic mass is 10.2. The van der Waals surface area contributed by atoms with E-state index in [1.807, 2.05) is 20.8 Å². The minimum atomic E-state index is -0.429. The maximum atomic E-state index is 11.9. The predicted octanol–water partition coefficient (Wildman–Crippen LogP) is 1.56. The van der Waals surface area contributed by atoms with Crippen LogP contribution in [-0.4, -0.2) is 54.2 Å². The molecule has 0 unspecified atom stereocenters. The Morgan fingerprint density at radius 1 is 1.29 bits per heavy atom. The number of hydrogen-bond donors (Lipinski definition) is 0. The molecule has 1 heterocycles. The van der Waals surface area contributed by atoms with Crippen molar-refractivity contribution in [2.75, 3.05) is 32.7 Å². The summed E-state index contributed by atoms with van der Waals surface area (Å²) in [7, 11) is 0. The molecule has 1 saturated heterocycles. The van der Waals surface area contributed by atoms with E-state index >= 15 is 0 Å². The maximum Gasteiger partial charge on any atom is 0.410 e. The van der Waals surface area contributed by atoms with Gasteiger partial charge in [0.2, 0.25) is 0 Å². The largest absolute Gasteiger partial charge is 0.444 e. The van der Waals surface area contributed by atoms with Crippen LogP contribution >= 0.6 is 0 Å². The molecule has 0 aromatic heterocycles. The van der Waals surface area contributed by atoms with Crippen molar-refractivity contribution in [1.29, 1.82) is 0 Å². The fourth-order valence-electron chi connectivity index (χ4n) is 1.77. The van der Waals surface area contributed by atoms with Gasteiger partial charge in [-0.1, -0.05) is 5.92 Å². The molecule has 0 spiro atoms. The van der Waals surface area contributed by atoms with Gasteiger partial charge in [0.1, 0.15) is 5.60 Å². The number of hydrogen-bond acceptors (Lipinski definition) is 3. The quantitative estimate of drug-likeness (QED) is 0.650. The SMILES string of the molecule is C#CCN1CCCN(C(=O)OC(C)(C)C)CC1. The molecule has 1 fully saturated rings. The Morgan fingerprint density at radius 3 is 2.59 bits per heavy atom. The Bertz CT molecular complexity index is 302. The molecule has 4 heteroatoms. The highest BCUT2D eigenvalue weighted by Crippen LogP contribution is 2.11. The van der Waals surface area contributed by atoms with Gasteiger partial charge in [0.15, 0.2) is 0 Å². The van der Waals surface area contributed by atoms with Crippen molar-refractivity contribution in [3.8, 4) is 12.3 Å². The van der Waals surface area contributed by atoms with Gasteiger partial charge < -0.3 is 9.64 Å². The number of terminal acetylenes is 1. The molecular weight excluding hydrogens is 216 g/mol. The summed E-state index contributed by atoms with van der Waals surface area (Å²) in [5.74, 6) is 2.64. The highest BCUT2D eigenvalue weighted by Gasteiger charge is 2.23. The van der Waals surface area contributed by atoms with E-state index in [4.69, 9.17) is 11.2 Å². The van der Waals surface area contributed by atoms with Gasteiger partial charge in [0, 0.05) is 26.2 Å². The normalized spacial score (nSPS) is 18.4. The molecule has 0 saturated carbocycles. The summed E-state index contributed by atoms with van der Waals surface area (Å²) in [6, 6.07) is 0. The van der Waals surface area contributed by atoms with Gasteiger partial charge in [-0.2, -0.15) is 0 Å². The lowest BCUT2D eigenvalue weighted by Gasteiger charge is -2.26. The van der Waals surface area contributed by atoms with Crippen LogP contribution in [0.5, 0.6) is 0 Å². The summed E-state index contributed by atoms with van der Waals surface area (Å²) in [5.41, 5.74) is -0.429. The maximum absolute atomic E-state index is 11.9. The number of nitrogens with zero attached hydrogens (tertiary/aromatic N) is 2. The van der Waals surface area contributed by atoms with E-state index in [2.05, 4.69) is 10.8 Å². The first-order valence-corrected chi connectivity index (χ1v) is 6.06. The molecule has 96 valence electrons. The van der Waals surface area contributed by atoms with Crippen molar-refractivity contribution in [3.05, 3.63) is 0 Å². The lowest BCUT2D eigenvalue weighted by Crippen LogP contribution is -2.39. The third-order valence-electron chi connectivity index (χ3n) is 2.56. The Hall–Kier alpha value is -1.21. The van der Waals surface area contributed by atoms with Gasteiger partial charge in [-0.25, -0.2) is 4.79 Å². The van der Waals surface area contributed by atoms with Crippen LogP contribution in [0.2, 0.25) is 0 Å². The average Bonchev–Trinajstić information content (AvgIpc) is 2.41. The van der Waals surface area contributed by atoms with Crippen LogP contribution in [0.1, 0.15) is 27.2 Å². The zero-order chi connectivity index (χ0) is 12.9. The van der Waals surface area contributed by atoms with Gasteiger partial charge in [0.05, 0.1) is 6.54 Å². The third-order valence-corrected chi connectivity index (χ3v) is 2.56. The number of carbonyl (C=O) groups excluding carboxylic acids is 1. The van der Waals surface area contributed by atoms with Crippen molar-refractivity contribution >= 4 is 6.09 Å². The highest BCUT2D eigenvalue weighted by atomic mass is 16.6. The molecule has 4 nitrogen and oxygen atoms in total. The lowest BCUT2D eigenvalue weighted by molar-refractivity contribution is 0.0258. The number of ether oxygens (including phenoxy) is 1. The van der Waals surface area contributed by atoms with Crippen molar-refractivity contribution in [1.82, 2.24) is 9.80 Å². The Labute approximate surface area is 104 Å². The van der Waals surface area contributed by atoms with Gasteiger partial charge in [0.25, 0.3) is 0 Å². The molecule has 0 atom stereocenters. The smallest absolute Gasteiger partial charge is 0.410 e. The first-order valence-electron chi connectivity index (χ1n) is 6.06. The third kappa shape index (κ3) is 5.10. The van der Waals surface area contributed by atoms with Gasteiger partial charge in [-0.3, -0.25) is 4.90 Å². The zero-order valence-electron chi connectivity index (χ0n) is 11.0. The fourth-order valence-corrected chi connectivity index (χ4v) is 1.77. The van der Waals surface area contributed by atoms with Crippen LogP contribution in [0, 0.1) is 12.3 Å². The second kappa shape index (κ2) is 5.92. The fraction of sp³-hybridized carbons (Fsp3) is 0.769. The minimum absolute atomic E-state index is 0.222. The second-order valence-electron chi connectivity index (χ2n) is 5.30. The van der Waals surface area contributed by atoms with E-state index < -0.39 is 5.60 Å². The van der Waals surface area contributed by atoms with Gasteiger partial charge in [-0.15, -0.1) is 6.42 Å². The summed E-state index contributed by atoms with van der Waals surface area (Å²) < 4.78 is 5.36. The van der Waals surface area contributed by atoms with Crippen molar-refractivity contribution < 1.29 is 9.53 Å². The molecule has 0 aromatic rings. The van der Waals surface area contributed by atoms with Crippen molar-refractivity contribution in [2.45, 2.75) is 32.8 Å². The zero-order valence-corrected chi connectivity index (χ0v) is 11.0. The standard InChI is InChI=1S/C13H22N2O2/c1-5-7-14-8-6-9-15(11-10-14)12(16)17-13(2,3)4/h1H,6-11H2,2-4H3. The van der Waals surface area contributed by atoms with E-state index in [9.17, 15) is 4.79 Å². The monoisotopic (exact) mass is 238 g/mol. The minimum Gasteiger partial charge on any atom is -0.444 e. The van der Waals surface area contributed by atoms with Crippen LogP contribution < -0.4 is 0 Å². The summed E-state index contributed by atoms with van der Waals surface area (Å²) in [6.45, 7) is 9.51. The highest BCUT2D eigenvalue weighted by molar-refractivity contribution is 5.68. The second-order valence-corrected chi connectivity index (χ2v) is 5.30. The molecule has 1 aliphatic rings. The molecule has 0 aromatic carbocycles. The van der Waals surface area contributed by atoms with Gasteiger partial charge in [-0.05, 0) is 27.2 Å². The summed E-state index contributed by atoms with van der Waals surface area (Å²) >= 11 is 0. The summed E-state index contributed by atoms with van der Waals surface area (Å²) in [6.07, 6.45) is 6.01. The molecular formula is C13H22N2O2. The molecule has 0 radical (unpaired) electrons.